The van der Waals surface area contributed by atoms with E-state index in [1.54, 1.807) is 12.1 Å². The minimum atomic E-state index is -1.12. The van der Waals surface area contributed by atoms with Crippen LogP contribution in [0.4, 0.5) is 0 Å². The SMILES string of the molecule is O=C(O)c1ccc(O)c(-c2noc(-c3ccc(O)cc3)n2)c1.[HH]. The number of hydrogen-bond donors (Lipinski definition) is 3. The number of benzene rings is 2. The summed E-state index contributed by atoms with van der Waals surface area (Å²) >= 11 is 0. The van der Waals surface area contributed by atoms with Crippen LogP contribution >= 0.6 is 0 Å². The maximum Gasteiger partial charge on any atom is 0.335 e. The van der Waals surface area contributed by atoms with Gasteiger partial charge in [-0.1, -0.05) is 5.16 Å². The summed E-state index contributed by atoms with van der Waals surface area (Å²) in [6.07, 6.45) is 0. The highest BCUT2D eigenvalue weighted by Crippen LogP contribution is 2.30. The number of carbonyl (C=O) groups is 1. The average Bonchev–Trinajstić information content (AvgIpc) is 2.98. The molecule has 0 unspecified atom stereocenters. The number of nitrogens with zero attached hydrogens (tertiary/aromatic N) is 2. The first kappa shape index (κ1) is 13.6. The summed E-state index contributed by atoms with van der Waals surface area (Å²) in [5, 5.41) is 31.8. The molecule has 0 aliphatic heterocycles. The molecule has 7 heteroatoms. The molecule has 0 fully saturated rings. The van der Waals surface area contributed by atoms with Crippen LogP contribution in [0.3, 0.4) is 0 Å². The van der Waals surface area contributed by atoms with E-state index >= 15 is 0 Å². The monoisotopic (exact) mass is 300 g/mol. The molecule has 0 spiro atoms. The molecular weight excluding hydrogens is 288 g/mol. The molecule has 1 aromatic heterocycles. The van der Waals surface area contributed by atoms with Gasteiger partial charge in [-0.15, -0.1) is 0 Å². The molecule has 3 aromatic rings. The van der Waals surface area contributed by atoms with Crippen LogP contribution in [0.2, 0.25) is 0 Å². The Bertz CT molecular complexity index is 845. The van der Waals surface area contributed by atoms with Crippen LogP contribution in [0.1, 0.15) is 11.8 Å². The molecular formula is C15H12N2O5. The zero-order valence-corrected chi connectivity index (χ0v) is 11.1. The Kier molecular flexibility index (Phi) is 3.23. The zero-order valence-electron chi connectivity index (χ0n) is 11.1. The van der Waals surface area contributed by atoms with Gasteiger partial charge in [0.05, 0.1) is 11.1 Å². The van der Waals surface area contributed by atoms with E-state index in [1.807, 2.05) is 0 Å². The number of aromatic nitrogens is 2. The number of carboxylic acids is 1. The highest BCUT2D eigenvalue weighted by Gasteiger charge is 2.16. The van der Waals surface area contributed by atoms with Gasteiger partial charge in [-0.05, 0) is 42.5 Å². The van der Waals surface area contributed by atoms with Gasteiger partial charge in [-0.25, -0.2) is 4.79 Å². The molecule has 0 saturated carbocycles. The fraction of sp³-hybridized carbons (Fsp3) is 0. The van der Waals surface area contributed by atoms with Gasteiger partial charge in [-0.3, -0.25) is 0 Å². The van der Waals surface area contributed by atoms with Gasteiger partial charge in [0, 0.05) is 6.99 Å². The second-order valence-electron chi connectivity index (χ2n) is 4.51. The van der Waals surface area contributed by atoms with E-state index in [1.165, 1.54) is 30.3 Å². The highest BCUT2D eigenvalue weighted by atomic mass is 16.5. The van der Waals surface area contributed by atoms with Gasteiger partial charge in [-0.2, -0.15) is 4.98 Å². The van der Waals surface area contributed by atoms with Crippen molar-refractivity contribution >= 4 is 5.97 Å². The Balaban J connectivity index is 0.00000192. The number of phenols is 2. The lowest BCUT2D eigenvalue weighted by Gasteiger charge is -2.01. The van der Waals surface area contributed by atoms with Gasteiger partial charge in [0.2, 0.25) is 5.82 Å². The quantitative estimate of drug-likeness (QED) is 0.680. The van der Waals surface area contributed by atoms with Gasteiger partial charge >= 0.3 is 5.97 Å². The molecule has 0 aliphatic carbocycles. The fourth-order valence-electron chi connectivity index (χ4n) is 1.90. The van der Waals surface area contributed by atoms with Crippen LogP contribution in [0.15, 0.2) is 47.0 Å². The summed E-state index contributed by atoms with van der Waals surface area (Å²) in [5.74, 6) is -0.902. The lowest BCUT2D eigenvalue weighted by Crippen LogP contribution is -1.96. The van der Waals surface area contributed by atoms with Crippen LogP contribution in [-0.4, -0.2) is 31.4 Å². The molecule has 0 amide bonds. The summed E-state index contributed by atoms with van der Waals surface area (Å²) in [5.41, 5.74) is 0.753. The van der Waals surface area contributed by atoms with Crippen molar-refractivity contribution in [1.82, 2.24) is 10.1 Å². The second-order valence-corrected chi connectivity index (χ2v) is 4.51. The lowest BCUT2D eigenvalue weighted by atomic mass is 10.1. The zero-order chi connectivity index (χ0) is 15.7. The minimum absolute atomic E-state index is 0. The van der Waals surface area contributed by atoms with E-state index in [0.717, 1.165) is 0 Å². The van der Waals surface area contributed by atoms with Crippen molar-refractivity contribution in [2.24, 2.45) is 0 Å². The Labute approximate surface area is 125 Å². The number of phenolic OH excluding ortho intramolecular Hbond substituents is 2. The molecule has 7 nitrogen and oxygen atoms in total. The Morgan fingerprint density at radius 2 is 1.82 bits per heavy atom. The molecule has 3 rings (SSSR count). The smallest absolute Gasteiger partial charge is 0.335 e. The highest BCUT2D eigenvalue weighted by molar-refractivity contribution is 5.90. The van der Waals surface area contributed by atoms with Gasteiger partial charge in [0.15, 0.2) is 0 Å². The number of carboxylic acid groups (broad SMARTS) is 1. The third kappa shape index (κ3) is 2.47. The van der Waals surface area contributed by atoms with E-state index in [-0.39, 0.29) is 35.8 Å². The summed E-state index contributed by atoms with van der Waals surface area (Å²) < 4.78 is 5.10. The lowest BCUT2D eigenvalue weighted by molar-refractivity contribution is 0.0697. The van der Waals surface area contributed by atoms with Crippen molar-refractivity contribution in [3.05, 3.63) is 48.0 Å². The normalized spacial score (nSPS) is 10.5. The van der Waals surface area contributed by atoms with E-state index in [0.29, 0.717) is 5.56 Å². The number of rotatable bonds is 3. The number of aromatic hydroxyl groups is 2. The molecule has 2 aromatic carbocycles. The topological polar surface area (TPSA) is 117 Å². The predicted octanol–water partition coefficient (Wildman–Crippen LogP) is 2.76. The molecule has 3 N–H and O–H groups in total. The molecule has 112 valence electrons. The summed E-state index contributed by atoms with van der Waals surface area (Å²) in [4.78, 5) is 15.1. The molecule has 22 heavy (non-hydrogen) atoms. The first-order valence-electron chi connectivity index (χ1n) is 6.24. The van der Waals surface area contributed by atoms with E-state index in [4.69, 9.17) is 9.63 Å². The van der Waals surface area contributed by atoms with E-state index in [2.05, 4.69) is 10.1 Å². The van der Waals surface area contributed by atoms with Crippen LogP contribution < -0.4 is 0 Å². The van der Waals surface area contributed by atoms with Crippen molar-refractivity contribution in [1.29, 1.82) is 0 Å². The number of aromatic carboxylic acids is 1. The molecule has 0 atom stereocenters. The largest absolute Gasteiger partial charge is 0.508 e. The molecule has 0 aliphatic rings. The molecule has 0 radical (unpaired) electrons. The molecule has 0 saturated heterocycles. The molecule has 1 heterocycles. The molecule has 0 bridgehead atoms. The predicted molar refractivity (Wildman–Crippen MR) is 77.6 cm³/mol. The third-order valence-electron chi connectivity index (χ3n) is 3.02. The van der Waals surface area contributed by atoms with Crippen LogP contribution in [0, 0.1) is 0 Å². The van der Waals surface area contributed by atoms with Crippen molar-refractivity contribution in [2.75, 3.05) is 0 Å². The Hall–Kier alpha value is -3.35. The summed E-state index contributed by atoms with van der Waals surface area (Å²) in [6, 6.07) is 9.95. The Morgan fingerprint density at radius 1 is 1.09 bits per heavy atom. The Morgan fingerprint density at radius 3 is 2.50 bits per heavy atom. The van der Waals surface area contributed by atoms with Crippen molar-refractivity contribution in [3.63, 3.8) is 0 Å². The summed E-state index contributed by atoms with van der Waals surface area (Å²) in [6.45, 7) is 0. The first-order valence-corrected chi connectivity index (χ1v) is 6.24. The van der Waals surface area contributed by atoms with Crippen LogP contribution in [0.5, 0.6) is 11.5 Å². The fourth-order valence-corrected chi connectivity index (χ4v) is 1.90. The maximum absolute atomic E-state index is 11.0. The van der Waals surface area contributed by atoms with Gasteiger partial charge in [0.25, 0.3) is 5.89 Å². The number of hydrogen-bond acceptors (Lipinski definition) is 6. The van der Waals surface area contributed by atoms with Crippen molar-refractivity contribution in [3.8, 4) is 34.3 Å². The van der Waals surface area contributed by atoms with Crippen LogP contribution in [0.25, 0.3) is 22.8 Å². The van der Waals surface area contributed by atoms with Crippen molar-refractivity contribution < 1.29 is 26.1 Å². The third-order valence-corrected chi connectivity index (χ3v) is 3.02. The van der Waals surface area contributed by atoms with Gasteiger partial charge < -0.3 is 19.8 Å². The van der Waals surface area contributed by atoms with E-state index < -0.39 is 5.97 Å². The van der Waals surface area contributed by atoms with E-state index in [9.17, 15) is 15.0 Å². The second kappa shape index (κ2) is 5.21. The average molecular weight is 300 g/mol. The minimum Gasteiger partial charge on any atom is -0.508 e. The maximum atomic E-state index is 11.0. The standard InChI is InChI=1S/C15H10N2O5.H2/c18-10-4-1-8(2-5-10)14-16-13(17-22-14)11-7-9(15(20)21)3-6-12(11)19;/h1-7,18-19H,(H,20,21);1H. The van der Waals surface area contributed by atoms with Gasteiger partial charge in [0.1, 0.15) is 11.5 Å². The summed E-state index contributed by atoms with van der Waals surface area (Å²) in [7, 11) is 0. The van der Waals surface area contributed by atoms with Crippen molar-refractivity contribution in [2.45, 2.75) is 0 Å². The van der Waals surface area contributed by atoms with Crippen LogP contribution in [-0.2, 0) is 0 Å². The first-order chi connectivity index (χ1) is 10.5.